The third-order valence-corrected chi connectivity index (χ3v) is 9.65. The Morgan fingerprint density at radius 1 is 0.630 bits per heavy atom. The Kier molecular flexibility index (Phi) is 6.58. The van der Waals surface area contributed by atoms with Crippen molar-refractivity contribution in [2.45, 2.75) is 7.25 Å². The van der Waals surface area contributed by atoms with Gasteiger partial charge in [-0.1, -0.05) is 0 Å². The van der Waals surface area contributed by atoms with Crippen molar-refractivity contribution in [3.05, 3.63) is 113 Å². The molecular formula is C24H18Cl2Zr. The first kappa shape index (κ1) is 20.3. The average Bonchev–Trinajstić information content (AvgIpc) is 3.25. The molecule has 5 rings (SSSR count). The van der Waals surface area contributed by atoms with Gasteiger partial charge < -0.3 is 24.8 Å². The van der Waals surface area contributed by atoms with E-state index in [-0.39, 0.29) is 24.8 Å². The van der Waals surface area contributed by atoms with Crippen LogP contribution in [0.3, 0.4) is 0 Å². The fraction of sp³-hybridized carbons (Fsp3) is 0.0833. The second kappa shape index (κ2) is 8.74. The Morgan fingerprint density at radius 2 is 1.26 bits per heavy atom. The predicted octanol–water partition coefficient (Wildman–Crippen LogP) is 0.141. The quantitative estimate of drug-likeness (QED) is 0.513. The van der Waals surface area contributed by atoms with E-state index in [0.29, 0.717) is 7.25 Å². The van der Waals surface area contributed by atoms with Gasteiger partial charge in [0.15, 0.2) is 0 Å². The number of halogens is 2. The minimum Gasteiger partial charge on any atom is -1.00 e. The molecule has 0 spiro atoms. The summed E-state index contributed by atoms with van der Waals surface area (Å²) >= 11 is -0.742. The summed E-state index contributed by atoms with van der Waals surface area (Å²) in [6, 6.07) is 28.9. The largest absolute Gasteiger partial charge is 1.00 e. The maximum absolute atomic E-state index is 2.46. The number of rotatable bonds is 3. The monoisotopic (exact) mass is 466 g/mol. The Labute approximate surface area is 184 Å². The maximum Gasteiger partial charge on any atom is -1.00 e. The third-order valence-electron chi connectivity index (χ3n) is 5.18. The maximum atomic E-state index is 2.46. The molecule has 0 nitrogen and oxygen atoms in total. The van der Waals surface area contributed by atoms with Crippen molar-refractivity contribution in [2.75, 3.05) is 0 Å². The fourth-order valence-corrected chi connectivity index (χ4v) is 8.58. The van der Waals surface area contributed by atoms with Gasteiger partial charge in [0.2, 0.25) is 0 Å². The fourth-order valence-electron chi connectivity index (χ4n) is 3.96. The van der Waals surface area contributed by atoms with Gasteiger partial charge in [0.1, 0.15) is 0 Å². The number of fused-ring (bicyclic) bond motifs is 2. The van der Waals surface area contributed by atoms with Crippen LogP contribution in [-0.2, 0) is 23.2 Å². The van der Waals surface area contributed by atoms with Gasteiger partial charge in [0, 0.05) is 0 Å². The van der Waals surface area contributed by atoms with Crippen LogP contribution in [0.1, 0.15) is 35.1 Å². The average molecular weight is 469 g/mol. The van der Waals surface area contributed by atoms with Crippen molar-refractivity contribution in [1.82, 2.24) is 0 Å². The second-order valence-corrected chi connectivity index (χ2v) is 10.4. The molecule has 0 amide bonds. The van der Waals surface area contributed by atoms with Gasteiger partial charge >= 0.3 is 161 Å². The van der Waals surface area contributed by atoms with Crippen LogP contribution in [0, 0.1) is 0 Å². The molecule has 2 aliphatic rings. The molecule has 2 atom stereocenters. The molecule has 27 heavy (non-hydrogen) atoms. The Bertz CT molecular complexity index is 992. The summed E-state index contributed by atoms with van der Waals surface area (Å²) < 4.78 is 1.30. The van der Waals surface area contributed by atoms with Crippen LogP contribution in [0.5, 0.6) is 0 Å². The Balaban J connectivity index is 0.00000105. The van der Waals surface area contributed by atoms with Crippen molar-refractivity contribution in [3.63, 3.8) is 0 Å². The van der Waals surface area contributed by atoms with Crippen LogP contribution >= 0.6 is 0 Å². The number of hydrogen-bond acceptors (Lipinski definition) is 0. The molecule has 0 aromatic heterocycles. The van der Waals surface area contributed by atoms with Crippen LogP contribution in [0.15, 0.2) is 84.9 Å². The van der Waals surface area contributed by atoms with Crippen LogP contribution in [0.25, 0.3) is 17.7 Å². The van der Waals surface area contributed by atoms with Gasteiger partial charge in [-0.15, -0.1) is 0 Å². The van der Waals surface area contributed by atoms with Gasteiger partial charge in [-0.3, -0.25) is 0 Å². The minimum absolute atomic E-state index is 0. The first-order valence-corrected chi connectivity index (χ1v) is 11.6. The van der Waals surface area contributed by atoms with Gasteiger partial charge in [-0.05, 0) is 0 Å². The SMILES string of the molecule is C1=C[CH]([Zr+2][CH]2C(c3ccccc3)=Cc3ccccc32)c2ccccc21.[Cl-].[Cl-]. The second-order valence-electron chi connectivity index (χ2n) is 6.66. The molecule has 0 aliphatic heterocycles. The van der Waals surface area contributed by atoms with Gasteiger partial charge in [-0.25, -0.2) is 0 Å². The van der Waals surface area contributed by atoms with E-state index in [0.717, 1.165) is 0 Å². The number of allylic oxidation sites excluding steroid dienone is 2. The van der Waals surface area contributed by atoms with Crippen molar-refractivity contribution in [2.24, 2.45) is 0 Å². The predicted molar refractivity (Wildman–Crippen MR) is 102 cm³/mol. The molecule has 0 radical (unpaired) electrons. The van der Waals surface area contributed by atoms with Gasteiger partial charge in [0.05, 0.1) is 0 Å². The van der Waals surface area contributed by atoms with E-state index < -0.39 is 23.2 Å². The molecule has 0 heterocycles. The number of benzene rings is 3. The van der Waals surface area contributed by atoms with Crippen LogP contribution in [0.4, 0.5) is 0 Å². The summed E-state index contributed by atoms with van der Waals surface area (Å²) in [4.78, 5) is 0. The first-order chi connectivity index (χ1) is 12.4. The molecule has 2 aliphatic carbocycles. The molecule has 0 bridgehead atoms. The molecule has 3 heteroatoms. The molecule has 0 fully saturated rings. The smallest absolute Gasteiger partial charge is 1.00 e. The summed E-state index contributed by atoms with van der Waals surface area (Å²) in [6.45, 7) is 0. The van der Waals surface area contributed by atoms with Crippen LogP contribution in [-0.4, -0.2) is 0 Å². The Hall–Kier alpha value is -1.40. The summed E-state index contributed by atoms with van der Waals surface area (Å²) in [7, 11) is 0. The molecule has 0 saturated heterocycles. The van der Waals surface area contributed by atoms with Crippen molar-refractivity contribution < 1.29 is 48.0 Å². The van der Waals surface area contributed by atoms with E-state index in [2.05, 4.69) is 97.1 Å². The van der Waals surface area contributed by atoms with Crippen LogP contribution < -0.4 is 24.8 Å². The van der Waals surface area contributed by atoms with E-state index >= 15 is 0 Å². The molecular weight excluding hydrogens is 450 g/mol. The summed E-state index contributed by atoms with van der Waals surface area (Å²) in [5.74, 6) is 0. The van der Waals surface area contributed by atoms with Gasteiger partial charge in [0.25, 0.3) is 0 Å². The normalized spacial score (nSPS) is 18.4. The van der Waals surface area contributed by atoms with E-state index in [4.69, 9.17) is 0 Å². The van der Waals surface area contributed by atoms with Gasteiger partial charge in [-0.2, -0.15) is 0 Å². The van der Waals surface area contributed by atoms with Crippen molar-refractivity contribution in [3.8, 4) is 0 Å². The standard InChI is InChI=1S/C15H11.C9H7.2ClH.Zr/c1-2-6-12(7-3-1)15-10-13-8-4-5-9-14(13)11-15;1-2-5-9-7-3-6-8(9)4-1;;;/h1-11H;1-7H;2*1H;/q;;;;+2/p-2. The minimum atomic E-state index is -0.742. The van der Waals surface area contributed by atoms with E-state index in [1.165, 1.54) is 22.3 Å². The molecule has 3 aromatic rings. The Morgan fingerprint density at radius 3 is 2.04 bits per heavy atom. The topological polar surface area (TPSA) is 0 Å². The zero-order valence-corrected chi connectivity index (χ0v) is 18.6. The van der Waals surface area contributed by atoms with E-state index in [1.807, 2.05) is 0 Å². The zero-order chi connectivity index (χ0) is 16.6. The summed E-state index contributed by atoms with van der Waals surface area (Å²) in [5.41, 5.74) is 8.86. The molecule has 3 aromatic carbocycles. The zero-order valence-electron chi connectivity index (χ0n) is 14.6. The molecule has 2 unspecified atom stereocenters. The molecule has 0 N–H and O–H groups in total. The molecule has 132 valence electrons. The van der Waals surface area contributed by atoms with E-state index in [1.54, 1.807) is 11.1 Å². The third kappa shape index (κ3) is 3.79. The number of hydrogen-bond donors (Lipinski definition) is 0. The summed E-state index contributed by atoms with van der Waals surface area (Å²) in [5, 5.41) is 0. The molecule has 0 saturated carbocycles. The summed E-state index contributed by atoms with van der Waals surface area (Å²) in [6.07, 6.45) is 7.22. The first-order valence-electron chi connectivity index (χ1n) is 8.79. The van der Waals surface area contributed by atoms with E-state index in [9.17, 15) is 0 Å². The van der Waals surface area contributed by atoms with Crippen molar-refractivity contribution in [1.29, 1.82) is 0 Å². The van der Waals surface area contributed by atoms with Crippen LogP contribution in [0.2, 0.25) is 0 Å². The van der Waals surface area contributed by atoms with Crippen molar-refractivity contribution >= 4 is 17.7 Å².